The summed E-state index contributed by atoms with van der Waals surface area (Å²) in [5.74, 6) is 1.18. The summed E-state index contributed by atoms with van der Waals surface area (Å²) < 4.78 is 12.0. The molecule has 32 heavy (non-hydrogen) atoms. The van der Waals surface area contributed by atoms with E-state index in [4.69, 9.17) is 21.7 Å². The molecular weight excluding hydrogens is 438 g/mol. The molecule has 0 unspecified atom stereocenters. The molecule has 0 radical (unpaired) electrons. The molecule has 4 nitrogen and oxygen atoms in total. The van der Waals surface area contributed by atoms with Crippen LogP contribution in [0.3, 0.4) is 0 Å². The summed E-state index contributed by atoms with van der Waals surface area (Å²) in [6, 6.07) is 25.4. The van der Waals surface area contributed by atoms with Gasteiger partial charge in [0.25, 0.3) is 5.91 Å². The van der Waals surface area contributed by atoms with E-state index in [-0.39, 0.29) is 11.9 Å². The number of hydrogen-bond donors (Lipinski definition) is 0. The third-order valence-electron chi connectivity index (χ3n) is 5.22. The van der Waals surface area contributed by atoms with Crippen LogP contribution in [-0.2, 0) is 11.4 Å². The molecule has 6 heteroatoms. The number of hydrogen-bond acceptors (Lipinski definition) is 5. The van der Waals surface area contributed by atoms with E-state index in [9.17, 15) is 4.79 Å². The lowest BCUT2D eigenvalue weighted by atomic mass is 10.1. The maximum absolute atomic E-state index is 13.1. The summed E-state index contributed by atoms with van der Waals surface area (Å²) >= 11 is 6.84. The van der Waals surface area contributed by atoms with Crippen LogP contribution in [0.4, 0.5) is 0 Å². The van der Waals surface area contributed by atoms with E-state index in [0.717, 1.165) is 16.7 Å². The number of thiocarbonyl (C=S) groups is 1. The van der Waals surface area contributed by atoms with Gasteiger partial charge in [0, 0.05) is 0 Å². The van der Waals surface area contributed by atoms with Gasteiger partial charge in [0.05, 0.1) is 18.1 Å². The van der Waals surface area contributed by atoms with Gasteiger partial charge in [-0.05, 0) is 41.8 Å². The molecule has 0 bridgehead atoms. The third-order valence-corrected chi connectivity index (χ3v) is 6.55. The van der Waals surface area contributed by atoms with Crippen LogP contribution in [-0.4, -0.2) is 22.2 Å². The second-order valence-electron chi connectivity index (χ2n) is 7.32. The highest BCUT2D eigenvalue weighted by Gasteiger charge is 2.35. The number of carbonyl (C=O) groups is 1. The molecule has 0 N–H and O–H groups in total. The molecule has 1 heterocycles. The van der Waals surface area contributed by atoms with Gasteiger partial charge in [0.1, 0.15) is 10.9 Å². The van der Waals surface area contributed by atoms with Crippen LogP contribution in [0.25, 0.3) is 6.08 Å². The Balaban J connectivity index is 1.52. The van der Waals surface area contributed by atoms with Crippen molar-refractivity contribution in [3.05, 3.63) is 100 Å². The fourth-order valence-electron chi connectivity index (χ4n) is 3.47. The Morgan fingerprint density at radius 1 is 1.00 bits per heavy atom. The molecule has 1 atom stereocenters. The number of rotatable bonds is 7. The highest BCUT2D eigenvalue weighted by molar-refractivity contribution is 8.26. The van der Waals surface area contributed by atoms with Crippen LogP contribution < -0.4 is 9.47 Å². The van der Waals surface area contributed by atoms with E-state index in [2.05, 4.69) is 0 Å². The normalized spacial score (nSPS) is 15.8. The van der Waals surface area contributed by atoms with Crippen molar-refractivity contribution in [3.8, 4) is 11.5 Å². The van der Waals surface area contributed by atoms with Crippen LogP contribution in [0.15, 0.2) is 83.8 Å². The van der Waals surface area contributed by atoms with E-state index in [0.29, 0.717) is 27.3 Å². The standard InChI is InChI=1S/C26H23NO3S2/c1-18(21-11-7-4-8-12-21)27-25(28)24(32-26(27)31)16-20-13-14-22(23(15-20)29-2)30-17-19-9-5-3-6-10-19/h3-16,18H,17H2,1-2H3/b24-16-/t18-/m0/s1. The van der Waals surface area contributed by atoms with Crippen molar-refractivity contribution < 1.29 is 14.3 Å². The summed E-state index contributed by atoms with van der Waals surface area (Å²) in [5.41, 5.74) is 2.98. The second kappa shape index (κ2) is 10.0. The zero-order chi connectivity index (χ0) is 22.5. The monoisotopic (exact) mass is 461 g/mol. The predicted octanol–water partition coefficient (Wildman–Crippen LogP) is 6.24. The molecule has 3 aromatic carbocycles. The first-order valence-electron chi connectivity index (χ1n) is 10.2. The molecule has 162 valence electrons. The van der Waals surface area contributed by atoms with E-state index in [1.807, 2.05) is 91.9 Å². The maximum atomic E-state index is 13.1. The van der Waals surface area contributed by atoms with Gasteiger partial charge < -0.3 is 9.47 Å². The number of thioether (sulfide) groups is 1. The Kier molecular flexibility index (Phi) is 6.93. The maximum Gasteiger partial charge on any atom is 0.266 e. The Morgan fingerprint density at radius 2 is 1.69 bits per heavy atom. The average molecular weight is 462 g/mol. The smallest absolute Gasteiger partial charge is 0.266 e. The lowest BCUT2D eigenvalue weighted by Gasteiger charge is -2.23. The highest BCUT2D eigenvalue weighted by atomic mass is 32.2. The molecule has 1 aliphatic rings. The summed E-state index contributed by atoms with van der Waals surface area (Å²) in [4.78, 5) is 15.4. The topological polar surface area (TPSA) is 38.8 Å². The summed E-state index contributed by atoms with van der Waals surface area (Å²) in [6.45, 7) is 2.44. The van der Waals surface area contributed by atoms with Crippen LogP contribution in [0, 0.1) is 0 Å². The Labute approximate surface area is 197 Å². The SMILES string of the molecule is COc1cc(/C=C2\SC(=S)N([C@@H](C)c3ccccc3)C2=O)ccc1OCc1ccccc1. The summed E-state index contributed by atoms with van der Waals surface area (Å²) in [5, 5.41) is 0. The minimum Gasteiger partial charge on any atom is -0.493 e. The minimum absolute atomic E-state index is 0.0836. The van der Waals surface area contributed by atoms with Crippen LogP contribution in [0.2, 0.25) is 0 Å². The van der Waals surface area contributed by atoms with Gasteiger partial charge in [-0.15, -0.1) is 0 Å². The Bertz CT molecular complexity index is 1150. The van der Waals surface area contributed by atoms with Crippen LogP contribution >= 0.6 is 24.0 Å². The molecule has 0 saturated carbocycles. The van der Waals surface area contributed by atoms with Crippen molar-refractivity contribution in [3.63, 3.8) is 0 Å². The molecular formula is C26H23NO3S2. The van der Waals surface area contributed by atoms with Crippen molar-refractivity contribution in [2.45, 2.75) is 19.6 Å². The van der Waals surface area contributed by atoms with Crippen molar-refractivity contribution in [1.29, 1.82) is 0 Å². The molecule has 3 aromatic rings. The molecule has 0 aliphatic carbocycles. The molecule has 1 amide bonds. The van der Waals surface area contributed by atoms with Gasteiger partial charge in [0.2, 0.25) is 0 Å². The average Bonchev–Trinajstić information content (AvgIpc) is 3.11. The van der Waals surface area contributed by atoms with E-state index in [1.54, 1.807) is 12.0 Å². The second-order valence-corrected chi connectivity index (χ2v) is 9.00. The number of carbonyl (C=O) groups excluding carboxylic acids is 1. The van der Waals surface area contributed by atoms with Gasteiger partial charge in [-0.25, -0.2) is 0 Å². The van der Waals surface area contributed by atoms with Crippen LogP contribution in [0.1, 0.15) is 29.7 Å². The largest absolute Gasteiger partial charge is 0.493 e. The lowest BCUT2D eigenvalue weighted by molar-refractivity contribution is -0.123. The zero-order valence-electron chi connectivity index (χ0n) is 17.9. The van der Waals surface area contributed by atoms with Crippen molar-refractivity contribution in [2.75, 3.05) is 7.11 Å². The first-order chi connectivity index (χ1) is 15.6. The predicted molar refractivity (Wildman–Crippen MR) is 134 cm³/mol. The number of nitrogens with zero attached hydrogens (tertiary/aromatic N) is 1. The molecule has 0 aromatic heterocycles. The molecule has 1 fully saturated rings. The van der Waals surface area contributed by atoms with Gasteiger partial charge in [-0.3, -0.25) is 9.69 Å². The fraction of sp³-hybridized carbons (Fsp3) is 0.154. The molecule has 1 aliphatic heterocycles. The lowest BCUT2D eigenvalue weighted by Crippen LogP contribution is -2.30. The zero-order valence-corrected chi connectivity index (χ0v) is 19.5. The third kappa shape index (κ3) is 4.87. The van der Waals surface area contributed by atoms with E-state index >= 15 is 0 Å². The summed E-state index contributed by atoms with van der Waals surface area (Å²) in [6.07, 6.45) is 1.85. The first-order valence-corrected chi connectivity index (χ1v) is 11.5. The Morgan fingerprint density at radius 3 is 2.38 bits per heavy atom. The van der Waals surface area contributed by atoms with Crippen molar-refractivity contribution in [1.82, 2.24) is 4.90 Å². The van der Waals surface area contributed by atoms with Gasteiger partial charge >= 0.3 is 0 Å². The highest BCUT2D eigenvalue weighted by Crippen LogP contribution is 2.39. The van der Waals surface area contributed by atoms with Crippen molar-refractivity contribution >= 4 is 40.3 Å². The van der Waals surface area contributed by atoms with Crippen molar-refractivity contribution in [2.24, 2.45) is 0 Å². The minimum atomic E-state index is -0.127. The van der Waals surface area contributed by atoms with E-state index in [1.165, 1.54) is 11.8 Å². The van der Waals surface area contributed by atoms with Crippen LogP contribution in [0.5, 0.6) is 11.5 Å². The molecule has 1 saturated heterocycles. The number of ether oxygens (including phenoxy) is 2. The fourth-order valence-corrected chi connectivity index (χ4v) is 4.89. The molecule has 4 rings (SSSR count). The summed E-state index contributed by atoms with van der Waals surface area (Å²) in [7, 11) is 1.61. The number of benzene rings is 3. The molecule has 0 spiro atoms. The first kappa shape index (κ1) is 22.1. The quantitative estimate of drug-likeness (QED) is 0.308. The van der Waals surface area contributed by atoms with Gasteiger partial charge in [-0.1, -0.05) is 90.7 Å². The Hall–Kier alpha value is -3.09. The number of amides is 1. The number of methoxy groups -OCH3 is 1. The van der Waals surface area contributed by atoms with E-state index < -0.39 is 0 Å². The van der Waals surface area contributed by atoms with Gasteiger partial charge in [-0.2, -0.15) is 0 Å². The van der Waals surface area contributed by atoms with Gasteiger partial charge in [0.15, 0.2) is 11.5 Å².